The molecule has 1 fully saturated rings. The van der Waals surface area contributed by atoms with E-state index in [1.165, 1.54) is 37.0 Å². The van der Waals surface area contributed by atoms with E-state index in [0.29, 0.717) is 47.2 Å². The maximum atomic E-state index is 13.4. The number of aromatic nitrogens is 2. The van der Waals surface area contributed by atoms with Crippen LogP contribution in [0.2, 0.25) is 0 Å². The minimum Gasteiger partial charge on any atom is -0.496 e. The molecular formula is C26H32ClN3O6. The number of aromatic amines is 1. The Bertz CT molecular complexity index is 1380. The molecular weight excluding hydrogens is 486 g/mol. The van der Waals surface area contributed by atoms with Gasteiger partial charge in [-0.25, -0.2) is 4.79 Å². The fraction of sp³-hybridized carbons (Fsp3) is 0.462. The van der Waals surface area contributed by atoms with Crippen LogP contribution in [0.25, 0.3) is 10.9 Å². The van der Waals surface area contributed by atoms with Gasteiger partial charge in [0.25, 0.3) is 5.56 Å². The Labute approximate surface area is 215 Å². The van der Waals surface area contributed by atoms with Crippen molar-refractivity contribution in [3.63, 3.8) is 0 Å². The lowest BCUT2D eigenvalue weighted by atomic mass is 9.73. The molecule has 1 aromatic heterocycles. The molecule has 3 aromatic rings. The smallest absolute Gasteiger partial charge is 0.328 e. The molecule has 1 saturated heterocycles. The van der Waals surface area contributed by atoms with E-state index in [-0.39, 0.29) is 29.8 Å². The van der Waals surface area contributed by atoms with Gasteiger partial charge in [0.1, 0.15) is 11.3 Å². The highest BCUT2D eigenvalue weighted by Crippen LogP contribution is 2.45. The van der Waals surface area contributed by atoms with E-state index in [4.69, 9.17) is 18.9 Å². The zero-order valence-corrected chi connectivity index (χ0v) is 21.7. The molecule has 0 radical (unpaired) electrons. The summed E-state index contributed by atoms with van der Waals surface area (Å²) in [5, 5.41) is 3.96. The molecule has 1 aliphatic heterocycles. The van der Waals surface area contributed by atoms with Gasteiger partial charge in [-0.2, -0.15) is 0 Å². The van der Waals surface area contributed by atoms with Crippen molar-refractivity contribution in [3.8, 4) is 23.0 Å². The van der Waals surface area contributed by atoms with E-state index in [1.807, 2.05) is 12.1 Å². The van der Waals surface area contributed by atoms with Gasteiger partial charge in [0.2, 0.25) is 5.75 Å². The standard InChI is InChI=1S/C26H31N3O6.ClH/c1-32-19-7-5-6-16-15(19)9-8-14-13-27-18(21(14)16)10-11-29-25(30)17-12-20(33-2)23(34-3)24(35-4)22(17)28-26(29)31;/h5-7,12,14,18,21,27H,8-11,13H2,1-4H3,(H,28,31);1H. The highest BCUT2D eigenvalue weighted by molar-refractivity contribution is 5.89. The molecule has 5 rings (SSSR count). The topological polar surface area (TPSA) is 104 Å². The van der Waals surface area contributed by atoms with Crippen molar-refractivity contribution < 1.29 is 18.9 Å². The number of methoxy groups -OCH3 is 4. The zero-order chi connectivity index (χ0) is 24.7. The van der Waals surface area contributed by atoms with Crippen molar-refractivity contribution in [2.75, 3.05) is 35.0 Å². The molecule has 2 aromatic carbocycles. The van der Waals surface area contributed by atoms with Gasteiger partial charge in [-0.3, -0.25) is 9.36 Å². The molecule has 1 aliphatic carbocycles. The maximum Gasteiger partial charge on any atom is 0.328 e. The van der Waals surface area contributed by atoms with Gasteiger partial charge in [-0.15, -0.1) is 12.4 Å². The predicted octanol–water partition coefficient (Wildman–Crippen LogP) is 2.85. The summed E-state index contributed by atoms with van der Waals surface area (Å²) in [6.45, 7) is 1.23. The number of hydrogen-bond donors (Lipinski definition) is 2. The molecule has 2 N–H and O–H groups in total. The number of nitrogens with one attached hydrogen (secondary N) is 2. The first-order valence-electron chi connectivity index (χ1n) is 11.9. The Morgan fingerprint density at radius 1 is 1.00 bits per heavy atom. The van der Waals surface area contributed by atoms with Gasteiger partial charge < -0.3 is 29.2 Å². The summed E-state index contributed by atoms with van der Waals surface area (Å²) in [5.41, 5.74) is 2.02. The van der Waals surface area contributed by atoms with Crippen LogP contribution in [-0.4, -0.2) is 50.6 Å². The monoisotopic (exact) mass is 517 g/mol. The van der Waals surface area contributed by atoms with Crippen molar-refractivity contribution in [2.45, 2.75) is 37.8 Å². The molecule has 9 nitrogen and oxygen atoms in total. The van der Waals surface area contributed by atoms with Crippen LogP contribution in [0.15, 0.2) is 33.9 Å². The Hall–Kier alpha value is -3.17. The molecule has 10 heteroatoms. The number of benzene rings is 2. The number of fused-ring (bicyclic) bond motifs is 4. The van der Waals surface area contributed by atoms with Crippen LogP contribution in [0, 0.1) is 5.92 Å². The molecule has 3 unspecified atom stereocenters. The van der Waals surface area contributed by atoms with Crippen LogP contribution in [0.1, 0.15) is 29.9 Å². The predicted molar refractivity (Wildman–Crippen MR) is 140 cm³/mol. The summed E-state index contributed by atoms with van der Waals surface area (Å²) in [7, 11) is 6.14. The molecule has 0 spiro atoms. The lowest BCUT2D eigenvalue weighted by Crippen LogP contribution is -2.38. The van der Waals surface area contributed by atoms with E-state index in [0.717, 1.165) is 25.1 Å². The van der Waals surface area contributed by atoms with Crippen molar-refractivity contribution in [3.05, 3.63) is 56.2 Å². The SMILES string of the molecule is COc1cccc2c1CCC1CNC(CCn3c(=O)[nH]c4c(OC)c(OC)c(OC)cc4c3=O)C21.Cl. The minimum absolute atomic E-state index is 0. The molecule has 194 valence electrons. The van der Waals surface area contributed by atoms with Gasteiger partial charge in [0.15, 0.2) is 11.5 Å². The largest absolute Gasteiger partial charge is 0.496 e. The summed E-state index contributed by atoms with van der Waals surface area (Å²) >= 11 is 0. The first-order chi connectivity index (χ1) is 17.0. The number of H-pyrrole nitrogens is 1. The summed E-state index contributed by atoms with van der Waals surface area (Å²) in [6, 6.07) is 7.99. The molecule has 2 heterocycles. The fourth-order valence-electron chi connectivity index (χ4n) is 5.93. The molecule has 0 saturated carbocycles. The molecule has 0 amide bonds. The van der Waals surface area contributed by atoms with Crippen LogP contribution in [0.5, 0.6) is 23.0 Å². The second-order valence-corrected chi connectivity index (χ2v) is 9.11. The third-order valence-electron chi connectivity index (χ3n) is 7.54. The van der Waals surface area contributed by atoms with Crippen LogP contribution in [0.3, 0.4) is 0 Å². The summed E-state index contributed by atoms with van der Waals surface area (Å²) in [6.07, 6.45) is 2.75. The van der Waals surface area contributed by atoms with E-state index < -0.39 is 5.69 Å². The molecule has 3 atom stereocenters. The van der Waals surface area contributed by atoms with Gasteiger partial charge in [0.05, 0.1) is 33.8 Å². The maximum absolute atomic E-state index is 13.4. The van der Waals surface area contributed by atoms with E-state index in [9.17, 15) is 9.59 Å². The number of rotatable bonds is 7. The number of nitrogens with zero attached hydrogens (tertiary/aromatic N) is 1. The molecule has 36 heavy (non-hydrogen) atoms. The number of halogens is 1. The lowest BCUT2D eigenvalue weighted by molar-refractivity contribution is 0.326. The highest BCUT2D eigenvalue weighted by atomic mass is 35.5. The number of hydrogen-bond acceptors (Lipinski definition) is 7. The van der Waals surface area contributed by atoms with Crippen LogP contribution in [-0.2, 0) is 13.0 Å². The average molecular weight is 518 g/mol. The fourth-order valence-corrected chi connectivity index (χ4v) is 5.93. The second kappa shape index (κ2) is 10.4. The quantitative estimate of drug-likeness (QED) is 0.496. The van der Waals surface area contributed by atoms with Gasteiger partial charge in [-0.05, 0) is 55.0 Å². The van der Waals surface area contributed by atoms with Crippen LogP contribution < -0.4 is 35.5 Å². The summed E-state index contributed by atoms with van der Waals surface area (Å²) in [4.78, 5) is 29.2. The molecule has 0 bridgehead atoms. The molecule has 2 aliphatic rings. The van der Waals surface area contributed by atoms with Crippen LogP contribution >= 0.6 is 12.4 Å². The first-order valence-corrected chi connectivity index (χ1v) is 11.9. The Morgan fingerprint density at radius 2 is 1.75 bits per heavy atom. The van der Waals surface area contributed by atoms with Crippen molar-refractivity contribution in [1.82, 2.24) is 14.9 Å². The highest BCUT2D eigenvalue weighted by Gasteiger charge is 2.40. The second-order valence-electron chi connectivity index (χ2n) is 9.11. The van der Waals surface area contributed by atoms with Crippen molar-refractivity contribution >= 4 is 23.3 Å². The zero-order valence-electron chi connectivity index (χ0n) is 20.9. The Balaban J connectivity index is 0.00000304. The van der Waals surface area contributed by atoms with Gasteiger partial charge in [-0.1, -0.05) is 12.1 Å². The first kappa shape index (κ1) is 25.9. The van der Waals surface area contributed by atoms with E-state index in [2.05, 4.69) is 16.4 Å². The third kappa shape index (κ3) is 4.10. The van der Waals surface area contributed by atoms with Crippen molar-refractivity contribution in [1.29, 1.82) is 0 Å². The van der Waals surface area contributed by atoms with Gasteiger partial charge in [0, 0.05) is 18.5 Å². The minimum atomic E-state index is -0.478. The van der Waals surface area contributed by atoms with Crippen molar-refractivity contribution in [2.24, 2.45) is 5.92 Å². The lowest BCUT2D eigenvalue weighted by Gasteiger charge is -2.32. The van der Waals surface area contributed by atoms with E-state index >= 15 is 0 Å². The Morgan fingerprint density at radius 3 is 2.44 bits per heavy atom. The summed E-state index contributed by atoms with van der Waals surface area (Å²) in [5.74, 6) is 2.74. The van der Waals surface area contributed by atoms with Gasteiger partial charge >= 0.3 is 5.69 Å². The average Bonchev–Trinajstić information content (AvgIpc) is 3.30. The summed E-state index contributed by atoms with van der Waals surface area (Å²) < 4.78 is 23.1. The normalized spacial score (nSPS) is 20.3. The third-order valence-corrected chi connectivity index (χ3v) is 7.54. The van der Waals surface area contributed by atoms with E-state index in [1.54, 1.807) is 13.2 Å². The number of ether oxygens (including phenoxy) is 4. The van der Waals surface area contributed by atoms with Crippen LogP contribution in [0.4, 0.5) is 0 Å². The Kier molecular flexibility index (Phi) is 7.51.